The van der Waals surface area contributed by atoms with Crippen LogP contribution in [0, 0.1) is 0 Å². The Kier molecular flexibility index (Phi) is 5.57. The SMILES string of the molecule is CCCN(CCCN)c1ncncc1Br. The summed E-state index contributed by atoms with van der Waals surface area (Å²) in [5.74, 6) is 0.959. The Balaban J connectivity index is 2.74. The molecule has 0 aliphatic heterocycles. The van der Waals surface area contributed by atoms with Crippen LogP contribution in [0.5, 0.6) is 0 Å². The van der Waals surface area contributed by atoms with Crippen LogP contribution in [0.25, 0.3) is 0 Å². The van der Waals surface area contributed by atoms with E-state index >= 15 is 0 Å². The summed E-state index contributed by atoms with van der Waals surface area (Å²) >= 11 is 3.46. The van der Waals surface area contributed by atoms with E-state index in [0.717, 1.165) is 36.2 Å². The van der Waals surface area contributed by atoms with E-state index in [-0.39, 0.29) is 0 Å². The zero-order valence-electron chi connectivity index (χ0n) is 8.99. The number of hydrogen-bond acceptors (Lipinski definition) is 4. The minimum Gasteiger partial charge on any atom is -0.356 e. The Morgan fingerprint density at radius 3 is 2.87 bits per heavy atom. The highest BCUT2D eigenvalue weighted by Crippen LogP contribution is 2.22. The van der Waals surface area contributed by atoms with E-state index in [4.69, 9.17) is 5.73 Å². The quantitative estimate of drug-likeness (QED) is 0.858. The molecule has 0 bridgehead atoms. The van der Waals surface area contributed by atoms with Crippen molar-refractivity contribution in [2.45, 2.75) is 19.8 Å². The average Bonchev–Trinajstić information content (AvgIpc) is 2.25. The summed E-state index contributed by atoms with van der Waals surface area (Å²) < 4.78 is 0.940. The number of hydrogen-bond donors (Lipinski definition) is 1. The maximum absolute atomic E-state index is 5.52. The molecular weight excluding hydrogens is 256 g/mol. The van der Waals surface area contributed by atoms with Crippen LogP contribution in [0.1, 0.15) is 19.8 Å². The van der Waals surface area contributed by atoms with Gasteiger partial charge in [-0.15, -0.1) is 0 Å². The molecule has 0 unspecified atom stereocenters. The molecule has 0 aliphatic carbocycles. The van der Waals surface area contributed by atoms with Crippen LogP contribution >= 0.6 is 15.9 Å². The molecule has 4 nitrogen and oxygen atoms in total. The van der Waals surface area contributed by atoms with Gasteiger partial charge in [-0.2, -0.15) is 0 Å². The van der Waals surface area contributed by atoms with Gasteiger partial charge in [0.15, 0.2) is 0 Å². The van der Waals surface area contributed by atoms with E-state index in [2.05, 4.69) is 37.7 Å². The monoisotopic (exact) mass is 272 g/mol. The molecule has 1 aromatic heterocycles. The summed E-state index contributed by atoms with van der Waals surface area (Å²) in [5, 5.41) is 0. The molecule has 0 saturated heterocycles. The van der Waals surface area contributed by atoms with Crippen LogP contribution in [0.4, 0.5) is 5.82 Å². The number of rotatable bonds is 6. The lowest BCUT2D eigenvalue weighted by Gasteiger charge is -2.23. The normalized spacial score (nSPS) is 10.3. The third-order valence-corrected chi connectivity index (χ3v) is 2.63. The van der Waals surface area contributed by atoms with Crippen molar-refractivity contribution >= 4 is 21.7 Å². The maximum Gasteiger partial charge on any atom is 0.146 e. The predicted octanol–water partition coefficient (Wildman–Crippen LogP) is 1.80. The highest BCUT2D eigenvalue weighted by atomic mass is 79.9. The number of aromatic nitrogens is 2. The van der Waals surface area contributed by atoms with Gasteiger partial charge in [0, 0.05) is 19.3 Å². The van der Waals surface area contributed by atoms with Gasteiger partial charge in [-0.05, 0) is 35.3 Å². The van der Waals surface area contributed by atoms with Gasteiger partial charge in [0.2, 0.25) is 0 Å². The molecule has 2 N–H and O–H groups in total. The van der Waals surface area contributed by atoms with Crippen molar-refractivity contribution in [3.8, 4) is 0 Å². The smallest absolute Gasteiger partial charge is 0.146 e. The Bertz CT molecular complexity index is 293. The molecule has 0 amide bonds. The van der Waals surface area contributed by atoms with Crippen molar-refractivity contribution in [1.82, 2.24) is 9.97 Å². The molecule has 84 valence electrons. The molecular formula is C10H17BrN4. The minimum atomic E-state index is 0.711. The Morgan fingerprint density at radius 1 is 1.47 bits per heavy atom. The Morgan fingerprint density at radius 2 is 2.27 bits per heavy atom. The zero-order valence-corrected chi connectivity index (χ0v) is 10.6. The third kappa shape index (κ3) is 3.76. The Labute approximate surface area is 99.0 Å². The van der Waals surface area contributed by atoms with Crippen LogP contribution in [-0.4, -0.2) is 29.6 Å². The summed E-state index contributed by atoms with van der Waals surface area (Å²) in [7, 11) is 0. The molecule has 0 aromatic carbocycles. The van der Waals surface area contributed by atoms with Gasteiger partial charge in [-0.25, -0.2) is 9.97 Å². The molecule has 15 heavy (non-hydrogen) atoms. The van der Waals surface area contributed by atoms with Gasteiger partial charge in [-0.1, -0.05) is 6.92 Å². The van der Waals surface area contributed by atoms with Crippen LogP contribution in [0.3, 0.4) is 0 Å². The largest absolute Gasteiger partial charge is 0.356 e. The van der Waals surface area contributed by atoms with E-state index in [1.807, 2.05) is 0 Å². The van der Waals surface area contributed by atoms with Crippen molar-refractivity contribution in [2.24, 2.45) is 5.73 Å². The fourth-order valence-electron chi connectivity index (χ4n) is 1.41. The fraction of sp³-hybridized carbons (Fsp3) is 0.600. The number of halogens is 1. The molecule has 1 aromatic rings. The maximum atomic E-state index is 5.52. The molecule has 1 rings (SSSR count). The third-order valence-electron chi connectivity index (χ3n) is 2.07. The minimum absolute atomic E-state index is 0.711. The topological polar surface area (TPSA) is 55.0 Å². The average molecular weight is 273 g/mol. The summed E-state index contributed by atoms with van der Waals surface area (Å²) in [5.41, 5.74) is 5.52. The first-order chi connectivity index (χ1) is 7.29. The van der Waals surface area contributed by atoms with Gasteiger partial charge in [0.05, 0.1) is 4.47 Å². The second-order valence-electron chi connectivity index (χ2n) is 3.32. The predicted molar refractivity (Wildman–Crippen MR) is 65.9 cm³/mol. The van der Waals surface area contributed by atoms with Gasteiger partial charge in [-0.3, -0.25) is 0 Å². The van der Waals surface area contributed by atoms with Gasteiger partial charge < -0.3 is 10.6 Å². The zero-order chi connectivity index (χ0) is 11.1. The molecule has 0 spiro atoms. The van der Waals surface area contributed by atoms with Gasteiger partial charge in [0.1, 0.15) is 12.1 Å². The molecule has 0 fully saturated rings. The van der Waals surface area contributed by atoms with Crippen molar-refractivity contribution in [3.63, 3.8) is 0 Å². The van der Waals surface area contributed by atoms with Crippen LogP contribution in [-0.2, 0) is 0 Å². The highest BCUT2D eigenvalue weighted by Gasteiger charge is 2.09. The molecule has 0 aliphatic rings. The van der Waals surface area contributed by atoms with Crippen molar-refractivity contribution < 1.29 is 0 Å². The lowest BCUT2D eigenvalue weighted by atomic mass is 10.3. The molecule has 0 radical (unpaired) electrons. The lowest BCUT2D eigenvalue weighted by Crippen LogP contribution is -2.28. The lowest BCUT2D eigenvalue weighted by molar-refractivity contribution is 0.709. The fourth-order valence-corrected chi connectivity index (χ4v) is 1.89. The Hall–Kier alpha value is -0.680. The van der Waals surface area contributed by atoms with E-state index in [0.29, 0.717) is 6.54 Å². The standard InChI is InChI=1S/C10H17BrN4/c1-2-5-15(6-3-4-12)10-9(11)7-13-8-14-10/h7-8H,2-6,12H2,1H3. The summed E-state index contributed by atoms with van der Waals surface area (Å²) in [4.78, 5) is 10.5. The van der Waals surface area contributed by atoms with Gasteiger partial charge in [0.25, 0.3) is 0 Å². The first kappa shape index (κ1) is 12.4. The molecule has 0 atom stereocenters. The first-order valence-electron chi connectivity index (χ1n) is 5.20. The molecule has 5 heteroatoms. The highest BCUT2D eigenvalue weighted by molar-refractivity contribution is 9.10. The second-order valence-corrected chi connectivity index (χ2v) is 4.18. The van der Waals surface area contributed by atoms with Crippen LogP contribution < -0.4 is 10.6 Å². The number of nitrogens with two attached hydrogens (primary N) is 1. The molecule has 1 heterocycles. The summed E-state index contributed by atoms with van der Waals surface area (Å²) in [6, 6.07) is 0. The first-order valence-corrected chi connectivity index (χ1v) is 5.99. The van der Waals surface area contributed by atoms with Crippen molar-refractivity contribution in [2.75, 3.05) is 24.5 Å². The summed E-state index contributed by atoms with van der Waals surface area (Å²) in [6.07, 6.45) is 5.43. The van der Waals surface area contributed by atoms with Crippen LogP contribution in [0.15, 0.2) is 17.0 Å². The summed E-state index contributed by atoms with van der Waals surface area (Å²) in [6.45, 7) is 4.81. The van der Waals surface area contributed by atoms with E-state index in [1.54, 1.807) is 12.5 Å². The molecule has 0 saturated carbocycles. The van der Waals surface area contributed by atoms with Crippen molar-refractivity contribution in [1.29, 1.82) is 0 Å². The number of nitrogens with zero attached hydrogens (tertiary/aromatic N) is 3. The van der Waals surface area contributed by atoms with E-state index < -0.39 is 0 Å². The van der Waals surface area contributed by atoms with Gasteiger partial charge >= 0.3 is 0 Å². The van der Waals surface area contributed by atoms with Crippen molar-refractivity contribution in [3.05, 3.63) is 17.0 Å². The van der Waals surface area contributed by atoms with E-state index in [9.17, 15) is 0 Å². The second kappa shape index (κ2) is 6.74. The van der Waals surface area contributed by atoms with Crippen LogP contribution in [0.2, 0.25) is 0 Å². The number of anilines is 1. The van der Waals surface area contributed by atoms with E-state index in [1.165, 1.54) is 0 Å².